The summed E-state index contributed by atoms with van der Waals surface area (Å²) in [6, 6.07) is 3.97. The lowest BCUT2D eigenvalue weighted by molar-refractivity contribution is 0.0968. The molecule has 0 unspecified atom stereocenters. The number of carbonyl (C=O) groups is 1. The van der Waals surface area contributed by atoms with Gasteiger partial charge in [-0.1, -0.05) is 0 Å². The van der Waals surface area contributed by atoms with Gasteiger partial charge in [0.15, 0.2) is 5.78 Å². The average Bonchev–Trinajstić information content (AvgIpc) is 2.93. The van der Waals surface area contributed by atoms with Gasteiger partial charge in [-0.15, -0.1) is 0 Å². The summed E-state index contributed by atoms with van der Waals surface area (Å²) in [5.41, 5.74) is 2.91. The van der Waals surface area contributed by atoms with Crippen molar-refractivity contribution < 1.29 is 9.53 Å². The topological polar surface area (TPSA) is 29.5 Å². The zero-order valence-corrected chi connectivity index (χ0v) is 12.9. The maximum Gasteiger partial charge on any atom is 0.164 e. The molecule has 1 aromatic rings. The molecule has 1 saturated heterocycles. The standard InChI is InChI=1S/C17H25NO2/c1-4-20-17-12-13(2)15(11-14(17)3)16(19)7-10-18-8-5-6-9-18/h11-12H,4-10H2,1-3H3. The lowest BCUT2D eigenvalue weighted by Gasteiger charge is -2.15. The van der Waals surface area contributed by atoms with E-state index in [0.29, 0.717) is 13.0 Å². The summed E-state index contributed by atoms with van der Waals surface area (Å²) < 4.78 is 5.57. The Hall–Kier alpha value is -1.35. The smallest absolute Gasteiger partial charge is 0.164 e. The molecule has 3 heteroatoms. The van der Waals surface area contributed by atoms with E-state index in [0.717, 1.165) is 42.1 Å². The summed E-state index contributed by atoms with van der Waals surface area (Å²) in [5.74, 6) is 1.14. The maximum atomic E-state index is 12.4. The molecule has 3 nitrogen and oxygen atoms in total. The molecule has 1 aromatic carbocycles. The zero-order chi connectivity index (χ0) is 14.5. The molecule has 1 aliphatic rings. The van der Waals surface area contributed by atoms with Crippen molar-refractivity contribution in [1.82, 2.24) is 4.90 Å². The van der Waals surface area contributed by atoms with Crippen LogP contribution in [0.1, 0.15) is 47.7 Å². The second-order valence-corrected chi connectivity index (χ2v) is 5.59. The molecule has 0 spiro atoms. The molecule has 0 N–H and O–H groups in total. The number of rotatable bonds is 6. The molecule has 20 heavy (non-hydrogen) atoms. The number of carbonyl (C=O) groups excluding carboxylic acids is 1. The van der Waals surface area contributed by atoms with E-state index in [9.17, 15) is 4.79 Å². The van der Waals surface area contributed by atoms with Gasteiger partial charge in [-0.05, 0) is 70.0 Å². The Morgan fingerprint density at radius 1 is 1.20 bits per heavy atom. The van der Waals surface area contributed by atoms with Crippen molar-refractivity contribution in [3.8, 4) is 5.75 Å². The van der Waals surface area contributed by atoms with Crippen LogP contribution >= 0.6 is 0 Å². The second-order valence-electron chi connectivity index (χ2n) is 5.59. The Kier molecular flexibility index (Phi) is 5.18. The number of aryl methyl sites for hydroxylation is 2. The van der Waals surface area contributed by atoms with E-state index in [1.165, 1.54) is 12.8 Å². The second kappa shape index (κ2) is 6.89. The van der Waals surface area contributed by atoms with E-state index in [4.69, 9.17) is 4.74 Å². The predicted octanol–water partition coefficient (Wildman–Crippen LogP) is 3.37. The van der Waals surface area contributed by atoms with Gasteiger partial charge in [0.1, 0.15) is 5.75 Å². The molecule has 0 aliphatic carbocycles. The molecule has 1 heterocycles. The number of ether oxygens (including phenoxy) is 1. The number of ketones is 1. The molecule has 110 valence electrons. The molecule has 0 bridgehead atoms. The van der Waals surface area contributed by atoms with Crippen LogP contribution in [-0.2, 0) is 0 Å². The summed E-state index contributed by atoms with van der Waals surface area (Å²) in [7, 11) is 0. The highest BCUT2D eigenvalue weighted by molar-refractivity contribution is 5.98. The molecular weight excluding hydrogens is 250 g/mol. The van der Waals surface area contributed by atoms with Gasteiger partial charge in [-0.3, -0.25) is 4.79 Å². The van der Waals surface area contributed by atoms with Gasteiger partial charge in [0, 0.05) is 18.5 Å². The summed E-state index contributed by atoms with van der Waals surface area (Å²) in [4.78, 5) is 14.8. The summed E-state index contributed by atoms with van der Waals surface area (Å²) in [5, 5.41) is 0. The van der Waals surface area contributed by atoms with Crippen molar-refractivity contribution >= 4 is 5.78 Å². The van der Waals surface area contributed by atoms with Gasteiger partial charge < -0.3 is 9.64 Å². The molecular formula is C17H25NO2. The quantitative estimate of drug-likeness (QED) is 0.745. The normalized spacial score (nSPS) is 15.6. The van der Waals surface area contributed by atoms with Crippen LogP contribution in [0, 0.1) is 13.8 Å². The average molecular weight is 275 g/mol. The van der Waals surface area contributed by atoms with E-state index in [1.54, 1.807) is 0 Å². The number of benzene rings is 1. The molecule has 0 radical (unpaired) electrons. The molecule has 0 saturated carbocycles. The van der Waals surface area contributed by atoms with Gasteiger partial charge in [0.25, 0.3) is 0 Å². The van der Waals surface area contributed by atoms with Crippen molar-refractivity contribution in [3.63, 3.8) is 0 Å². The fraction of sp³-hybridized carbons (Fsp3) is 0.588. The van der Waals surface area contributed by atoms with Crippen LogP contribution in [0.2, 0.25) is 0 Å². The Morgan fingerprint density at radius 3 is 2.55 bits per heavy atom. The monoisotopic (exact) mass is 275 g/mol. The Labute approximate surface area is 121 Å². The van der Waals surface area contributed by atoms with Crippen molar-refractivity contribution in [3.05, 3.63) is 28.8 Å². The van der Waals surface area contributed by atoms with Crippen LogP contribution in [0.15, 0.2) is 12.1 Å². The molecule has 0 aromatic heterocycles. The van der Waals surface area contributed by atoms with Gasteiger partial charge in [0.05, 0.1) is 6.61 Å². The lowest BCUT2D eigenvalue weighted by atomic mass is 9.99. The summed E-state index contributed by atoms with van der Waals surface area (Å²) >= 11 is 0. The molecule has 1 fully saturated rings. The highest BCUT2D eigenvalue weighted by Crippen LogP contribution is 2.24. The first-order chi connectivity index (χ1) is 9.61. The van der Waals surface area contributed by atoms with Gasteiger partial charge in [-0.25, -0.2) is 0 Å². The highest BCUT2D eigenvalue weighted by Gasteiger charge is 2.16. The minimum atomic E-state index is 0.251. The van der Waals surface area contributed by atoms with Crippen molar-refractivity contribution in [2.45, 2.75) is 40.0 Å². The van der Waals surface area contributed by atoms with Crippen molar-refractivity contribution in [1.29, 1.82) is 0 Å². The van der Waals surface area contributed by atoms with Crippen LogP contribution in [-0.4, -0.2) is 36.9 Å². The van der Waals surface area contributed by atoms with Crippen LogP contribution in [0.3, 0.4) is 0 Å². The van der Waals surface area contributed by atoms with E-state index in [2.05, 4.69) is 4.90 Å². The van der Waals surface area contributed by atoms with E-state index in [-0.39, 0.29) is 5.78 Å². The van der Waals surface area contributed by atoms with Crippen molar-refractivity contribution in [2.24, 2.45) is 0 Å². The van der Waals surface area contributed by atoms with Gasteiger partial charge in [-0.2, -0.15) is 0 Å². The zero-order valence-electron chi connectivity index (χ0n) is 12.9. The molecule has 0 amide bonds. The van der Waals surface area contributed by atoms with Crippen LogP contribution in [0.5, 0.6) is 5.75 Å². The van der Waals surface area contributed by atoms with Gasteiger partial charge in [0.2, 0.25) is 0 Å². The van der Waals surface area contributed by atoms with E-state index >= 15 is 0 Å². The number of hydrogen-bond acceptors (Lipinski definition) is 3. The van der Waals surface area contributed by atoms with Crippen LogP contribution in [0.25, 0.3) is 0 Å². The Morgan fingerprint density at radius 2 is 1.90 bits per heavy atom. The maximum absolute atomic E-state index is 12.4. The summed E-state index contributed by atoms with van der Waals surface area (Å²) in [6.07, 6.45) is 3.17. The SMILES string of the molecule is CCOc1cc(C)c(C(=O)CCN2CCCC2)cc1C. The molecule has 2 rings (SSSR count). The third-order valence-corrected chi connectivity index (χ3v) is 3.98. The third-order valence-electron chi connectivity index (χ3n) is 3.98. The number of hydrogen-bond donors (Lipinski definition) is 0. The minimum Gasteiger partial charge on any atom is -0.494 e. The first-order valence-electron chi connectivity index (χ1n) is 7.61. The first-order valence-corrected chi connectivity index (χ1v) is 7.61. The largest absolute Gasteiger partial charge is 0.494 e. The Bertz CT molecular complexity index is 476. The fourth-order valence-electron chi connectivity index (χ4n) is 2.80. The van der Waals surface area contributed by atoms with Crippen molar-refractivity contribution in [2.75, 3.05) is 26.2 Å². The fourth-order valence-corrected chi connectivity index (χ4v) is 2.80. The van der Waals surface area contributed by atoms with Crippen LogP contribution in [0.4, 0.5) is 0 Å². The third kappa shape index (κ3) is 3.60. The number of nitrogens with zero attached hydrogens (tertiary/aromatic N) is 1. The number of likely N-dealkylation sites (tertiary alicyclic amines) is 1. The molecule has 1 aliphatic heterocycles. The highest BCUT2D eigenvalue weighted by atomic mass is 16.5. The first kappa shape index (κ1) is 15.0. The Balaban J connectivity index is 2.03. The summed E-state index contributed by atoms with van der Waals surface area (Å²) in [6.45, 7) is 9.81. The predicted molar refractivity (Wildman–Crippen MR) is 81.7 cm³/mol. The van der Waals surface area contributed by atoms with Gasteiger partial charge >= 0.3 is 0 Å². The minimum absolute atomic E-state index is 0.251. The van der Waals surface area contributed by atoms with Crippen LogP contribution < -0.4 is 4.74 Å². The molecule has 0 atom stereocenters. The van der Waals surface area contributed by atoms with E-state index < -0.39 is 0 Å². The van der Waals surface area contributed by atoms with E-state index in [1.807, 2.05) is 32.9 Å². The number of Topliss-reactive ketones (excluding diaryl/α,β-unsaturated/α-hetero) is 1. The lowest BCUT2D eigenvalue weighted by Crippen LogP contribution is -2.22.